The van der Waals surface area contributed by atoms with E-state index in [1.165, 1.54) is 28.1 Å². The molecule has 1 aromatic carbocycles. The highest BCUT2D eigenvalue weighted by Gasteiger charge is 2.32. The minimum Gasteiger partial charge on any atom is -0.377 e. The smallest absolute Gasteiger partial charge is 0.150 e. The van der Waals surface area contributed by atoms with Crippen LogP contribution in [0.1, 0.15) is 23.8 Å². The Hall–Kier alpha value is -1.04. The second-order valence-electron chi connectivity index (χ2n) is 5.34. The molecule has 0 bridgehead atoms. The van der Waals surface area contributed by atoms with E-state index in [1.54, 1.807) is 23.1 Å². The van der Waals surface area contributed by atoms with Gasteiger partial charge in [-0.2, -0.15) is 0 Å². The summed E-state index contributed by atoms with van der Waals surface area (Å²) in [6.45, 7) is 0. The molecule has 2 nitrogen and oxygen atoms in total. The van der Waals surface area contributed by atoms with Gasteiger partial charge < -0.3 is 5.32 Å². The molecule has 1 aliphatic carbocycles. The molecule has 3 aromatic rings. The fourth-order valence-corrected chi connectivity index (χ4v) is 4.98. The predicted octanol–water partition coefficient (Wildman–Crippen LogP) is 5.64. The number of hydrogen-bond acceptors (Lipinski definition) is 5. The van der Waals surface area contributed by atoms with E-state index in [-0.39, 0.29) is 0 Å². The Balaban J connectivity index is 1.63. The van der Waals surface area contributed by atoms with Crippen LogP contribution in [0.25, 0.3) is 10.2 Å². The molecule has 1 N–H and O–H groups in total. The van der Waals surface area contributed by atoms with Gasteiger partial charge in [-0.25, -0.2) is 4.98 Å². The highest BCUT2D eigenvalue weighted by molar-refractivity contribution is 8.00. The number of aromatic nitrogens is 1. The van der Waals surface area contributed by atoms with Crippen LogP contribution < -0.4 is 5.32 Å². The van der Waals surface area contributed by atoms with Crippen LogP contribution in [-0.2, 0) is 0 Å². The Morgan fingerprint density at radius 1 is 1.33 bits per heavy atom. The van der Waals surface area contributed by atoms with Crippen molar-refractivity contribution in [2.24, 2.45) is 5.92 Å². The lowest BCUT2D eigenvalue weighted by atomic mass is 10.1. The number of nitrogens with one attached hydrogen (secondary N) is 1. The molecule has 2 heterocycles. The highest BCUT2D eigenvalue weighted by atomic mass is 32.2. The van der Waals surface area contributed by atoms with Crippen LogP contribution in [0, 0.1) is 5.92 Å². The molecule has 1 fully saturated rings. The number of thiophene rings is 1. The van der Waals surface area contributed by atoms with Crippen LogP contribution >= 0.6 is 34.4 Å². The largest absolute Gasteiger partial charge is 0.377 e. The van der Waals surface area contributed by atoms with Crippen molar-refractivity contribution in [1.29, 1.82) is 0 Å². The molecular formula is C16H16N2S3. The van der Waals surface area contributed by atoms with Crippen molar-refractivity contribution in [3.05, 3.63) is 40.6 Å². The van der Waals surface area contributed by atoms with E-state index in [2.05, 4.69) is 52.3 Å². The number of nitrogens with zero attached hydrogens (tertiary/aromatic N) is 1. The number of thiazole rings is 1. The van der Waals surface area contributed by atoms with Crippen molar-refractivity contribution < 1.29 is 0 Å². The Kier molecular flexibility index (Phi) is 3.65. The minimum atomic E-state index is 0.468. The number of anilines is 1. The maximum absolute atomic E-state index is 4.60. The van der Waals surface area contributed by atoms with Gasteiger partial charge in [-0.05, 0) is 54.7 Å². The lowest BCUT2D eigenvalue weighted by Crippen LogP contribution is -2.11. The molecule has 1 unspecified atom stereocenters. The van der Waals surface area contributed by atoms with Gasteiger partial charge in [0.2, 0.25) is 0 Å². The molecule has 5 heteroatoms. The van der Waals surface area contributed by atoms with Gasteiger partial charge in [0.05, 0.1) is 16.3 Å². The topological polar surface area (TPSA) is 24.9 Å². The lowest BCUT2D eigenvalue weighted by molar-refractivity contribution is 0.691. The predicted molar refractivity (Wildman–Crippen MR) is 94.8 cm³/mol. The third-order valence-corrected chi connectivity index (χ3v) is 6.77. The van der Waals surface area contributed by atoms with E-state index >= 15 is 0 Å². The van der Waals surface area contributed by atoms with Crippen LogP contribution in [0.2, 0.25) is 0 Å². The second kappa shape index (κ2) is 5.63. The maximum atomic E-state index is 4.60. The summed E-state index contributed by atoms with van der Waals surface area (Å²) >= 11 is 5.34. The van der Waals surface area contributed by atoms with Gasteiger partial charge in [-0.1, -0.05) is 17.8 Å². The molecule has 108 valence electrons. The Labute approximate surface area is 136 Å². The molecule has 1 aliphatic rings. The van der Waals surface area contributed by atoms with Crippen molar-refractivity contribution >= 4 is 50.3 Å². The molecule has 0 saturated heterocycles. The van der Waals surface area contributed by atoms with Gasteiger partial charge >= 0.3 is 0 Å². The van der Waals surface area contributed by atoms with Gasteiger partial charge in [0.1, 0.15) is 0 Å². The molecule has 4 rings (SSSR count). The molecular weight excluding hydrogens is 316 g/mol. The summed E-state index contributed by atoms with van der Waals surface area (Å²) in [5.74, 6) is 0.794. The normalized spacial score (nSPS) is 16.2. The number of thioether (sulfide) groups is 1. The Morgan fingerprint density at radius 2 is 2.24 bits per heavy atom. The third kappa shape index (κ3) is 2.82. The van der Waals surface area contributed by atoms with E-state index in [0.717, 1.165) is 15.8 Å². The fourth-order valence-electron chi connectivity index (χ4n) is 2.58. The molecule has 0 spiro atoms. The third-order valence-electron chi connectivity index (χ3n) is 3.81. The molecule has 0 aliphatic heterocycles. The number of rotatable bonds is 5. The molecule has 1 saturated carbocycles. The zero-order chi connectivity index (χ0) is 14.2. The number of fused-ring (bicyclic) bond motifs is 1. The summed E-state index contributed by atoms with van der Waals surface area (Å²) in [5, 5.41) is 5.92. The first-order valence-corrected chi connectivity index (χ1v) is 10.00. The standard InChI is InChI=1S/C16H16N2S3/c1-19-16-18-12-7-6-11(9-14(12)21-16)17-15(10-4-5-10)13-3-2-8-20-13/h2-3,6-10,15,17H,4-5H2,1H3. The first kappa shape index (κ1) is 13.6. The summed E-state index contributed by atoms with van der Waals surface area (Å²) in [4.78, 5) is 6.06. The maximum Gasteiger partial charge on any atom is 0.150 e. The van der Waals surface area contributed by atoms with E-state index in [9.17, 15) is 0 Å². The van der Waals surface area contributed by atoms with Crippen molar-refractivity contribution in [2.45, 2.75) is 23.2 Å². The van der Waals surface area contributed by atoms with Crippen LogP contribution in [0.4, 0.5) is 5.69 Å². The molecule has 0 amide bonds. The zero-order valence-electron chi connectivity index (χ0n) is 11.7. The van der Waals surface area contributed by atoms with Crippen LogP contribution in [0.5, 0.6) is 0 Å². The SMILES string of the molecule is CSc1nc2ccc(NC(c3cccs3)C3CC3)cc2s1. The van der Waals surface area contributed by atoms with Crippen molar-refractivity contribution in [3.8, 4) is 0 Å². The van der Waals surface area contributed by atoms with Gasteiger partial charge in [-0.15, -0.1) is 22.7 Å². The van der Waals surface area contributed by atoms with Crippen molar-refractivity contribution in [2.75, 3.05) is 11.6 Å². The van der Waals surface area contributed by atoms with Gasteiger partial charge in [0, 0.05) is 10.6 Å². The minimum absolute atomic E-state index is 0.468. The molecule has 2 aromatic heterocycles. The Morgan fingerprint density at radius 3 is 2.95 bits per heavy atom. The van der Waals surface area contributed by atoms with Gasteiger partial charge in [0.15, 0.2) is 4.34 Å². The summed E-state index contributed by atoms with van der Waals surface area (Å²) in [6.07, 6.45) is 4.76. The highest BCUT2D eigenvalue weighted by Crippen LogP contribution is 2.44. The van der Waals surface area contributed by atoms with Gasteiger partial charge in [-0.3, -0.25) is 0 Å². The second-order valence-corrected chi connectivity index (χ2v) is 8.40. The first-order valence-electron chi connectivity index (χ1n) is 7.08. The Bertz CT molecular complexity index is 744. The number of benzene rings is 1. The number of hydrogen-bond donors (Lipinski definition) is 1. The monoisotopic (exact) mass is 332 g/mol. The summed E-state index contributed by atoms with van der Waals surface area (Å²) in [7, 11) is 0. The van der Waals surface area contributed by atoms with Crippen molar-refractivity contribution in [3.63, 3.8) is 0 Å². The average molecular weight is 333 g/mol. The molecule has 21 heavy (non-hydrogen) atoms. The molecule has 1 atom stereocenters. The van der Waals surface area contributed by atoms with Crippen molar-refractivity contribution in [1.82, 2.24) is 4.98 Å². The van der Waals surface area contributed by atoms with E-state index in [4.69, 9.17) is 0 Å². The fraction of sp³-hybridized carbons (Fsp3) is 0.312. The summed E-state index contributed by atoms with van der Waals surface area (Å²) in [5.41, 5.74) is 2.32. The van der Waals surface area contributed by atoms with Crippen LogP contribution in [-0.4, -0.2) is 11.2 Å². The van der Waals surface area contributed by atoms with E-state index in [0.29, 0.717) is 6.04 Å². The quantitative estimate of drug-likeness (QED) is 0.612. The lowest BCUT2D eigenvalue weighted by Gasteiger charge is -2.18. The van der Waals surface area contributed by atoms with Gasteiger partial charge in [0.25, 0.3) is 0 Å². The first-order chi connectivity index (χ1) is 10.3. The summed E-state index contributed by atoms with van der Waals surface area (Å²) < 4.78 is 2.41. The van der Waals surface area contributed by atoms with E-state index < -0.39 is 0 Å². The van der Waals surface area contributed by atoms with Crippen LogP contribution in [0.3, 0.4) is 0 Å². The zero-order valence-corrected chi connectivity index (χ0v) is 14.2. The average Bonchev–Trinajstić information content (AvgIpc) is 3.03. The summed E-state index contributed by atoms with van der Waals surface area (Å²) in [6, 6.07) is 11.4. The van der Waals surface area contributed by atoms with Crippen LogP contribution in [0.15, 0.2) is 40.1 Å². The molecule has 0 radical (unpaired) electrons. The van der Waals surface area contributed by atoms with E-state index in [1.807, 2.05) is 11.3 Å².